The van der Waals surface area contributed by atoms with Gasteiger partial charge in [0, 0.05) is 18.8 Å². The molecule has 0 aliphatic carbocycles. The van der Waals surface area contributed by atoms with Gasteiger partial charge in [-0.05, 0) is 25.0 Å². The highest BCUT2D eigenvalue weighted by atomic mass is 32.1. The Kier molecular flexibility index (Phi) is 5.10. The predicted molar refractivity (Wildman–Crippen MR) is 83.1 cm³/mol. The van der Waals surface area contributed by atoms with Gasteiger partial charge in [0.1, 0.15) is 6.61 Å². The summed E-state index contributed by atoms with van der Waals surface area (Å²) >= 11 is 1.49. The number of benzene rings is 1. The second kappa shape index (κ2) is 7.03. The molecule has 7 heteroatoms. The molecule has 1 aromatic heterocycles. The first-order valence-electron chi connectivity index (χ1n) is 6.66. The van der Waals surface area contributed by atoms with Crippen LogP contribution in [0.25, 0.3) is 0 Å². The molecule has 0 spiro atoms. The van der Waals surface area contributed by atoms with Gasteiger partial charge in [0.25, 0.3) is 0 Å². The smallest absolute Gasteiger partial charge is 0.311 e. The summed E-state index contributed by atoms with van der Waals surface area (Å²) in [6, 6.07) is 4.93. The van der Waals surface area contributed by atoms with E-state index in [0.717, 1.165) is 28.5 Å². The highest BCUT2D eigenvalue weighted by Gasteiger charge is 2.15. The number of hydrogen-bond donors (Lipinski definition) is 1. The van der Waals surface area contributed by atoms with E-state index < -0.39 is 4.92 Å². The molecule has 1 heterocycles. The van der Waals surface area contributed by atoms with E-state index >= 15 is 0 Å². The van der Waals surface area contributed by atoms with Crippen molar-refractivity contribution in [1.29, 1.82) is 0 Å². The predicted octanol–water partition coefficient (Wildman–Crippen LogP) is 3.76. The number of aromatic nitrogens is 1. The molecule has 21 heavy (non-hydrogen) atoms. The molecule has 0 atom stereocenters. The van der Waals surface area contributed by atoms with Crippen LogP contribution in [0.3, 0.4) is 0 Å². The van der Waals surface area contributed by atoms with Gasteiger partial charge in [-0.2, -0.15) is 0 Å². The average molecular weight is 307 g/mol. The molecule has 0 saturated carbocycles. The Morgan fingerprint density at radius 1 is 1.48 bits per heavy atom. The number of anilines is 1. The van der Waals surface area contributed by atoms with Gasteiger partial charge >= 0.3 is 5.69 Å². The maximum Gasteiger partial charge on any atom is 0.311 e. The maximum atomic E-state index is 11.0. The summed E-state index contributed by atoms with van der Waals surface area (Å²) in [7, 11) is 0. The fourth-order valence-corrected chi connectivity index (χ4v) is 2.48. The van der Waals surface area contributed by atoms with Crippen molar-refractivity contribution in [1.82, 2.24) is 4.98 Å². The largest absolute Gasteiger partial charge is 0.481 e. The Balaban J connectivity index is 2.03. The number of hydrogen-bond acceptors (Lipinski definition) is 6. The number of rotatable bonds is 7. The van der Waals surface area contributed by atoms with Crippen LogP contribution in [-0.4, -0.2) is 16.5 Å². The summed E-state index contributed by atoms with van der Waals surface area (Å²) in [5.74, 6) is 0.280. The van der Waals surface area contributed by atoms with E-state index in [0.29, 0.717) is 0 Å². The summed E-state index contributed by atoms with van der Waals surface area (Å²) in [4.78, 5) is 15.7. The van der Waals surface area contributed by atoms with Crippen LogP contribution in [0.4, 0.5) is 10.8 Å². The molecule has 0 aliphatic heterocycles. The molecule has 0 unspecified atom stereocenters. The van der Waals surface area contributed by atoms with Crippen molar-refractivity contribution in [2.45, 2.75) is 26.9 Å². The molecule has 0 bridgehead atoms. The van der Waals surface area contributed by atoms with Gasteiger partial charge in [0.05, 0.1) is 9.80 Å². The third kappa shape index (κ3) is 4.16. The first-order valence-corrected chi connectivity index (χ1v) is 7.48. The second-order valence-corrected chi connectivity index (χ2v) is 5.69. The molecule has 1 N–H and O–H groups in total. The monoisotopic (exact) mass is 307 g/mol. The highest BCUT2D eigenvalue weighted by Crippen LogP contribution is 2.29. The lowest BCUT2D eigenvalue weighted by Crippen LogP contribution is -1.98. The molecule has 0 fully saturated rings. The fourth-order valence-electron chi connectivity index (χ4n) is 1.73. The Bertz CT molecular complexity index is 628. The van der Waals surface area contributed by atoms with Gasteiger partial charge in [-0.1, -0.05) is 24.3 Å². The van der Waals surface area contributed by atoms with Crippen molar-refractivity contribution in [3.05, 3.63) is 45.0 Å². The zero-order valence-electron chi connectivity index (χ0n) is 12.0. The zero-order valence-corrected chi connectivity index (χ0v) is 12.8. The lowest BCUT2D eigenvalue weighted by atomic mass is 10.2. The van der Waals surface area contributed by atoms with Crippen LogP contribution in [0.5, 0.6) is 5.75 Å². The van der Waals surface area contributed by atoms with Crippen LogP contribution in [0.15, 0.2) is 24.4 Å². The second-order valence-electron chi connectivity index (χ2n) is 4.58. The third-order valence-electron chi connectivity index (χ3n) is 2.76. The van der Waals surface area contributed by atoms with E-state index in [-0.39, 0.29) is 18.0 Å². The van der Waals surface area contributed by atoms with Crippen molar-refractivity contribution in [2.75, 3.05) is 11.9 Å². The number of ether oxygens (including phenoxy) is 1. The Morgan fingerprint density at radius 3 is 3.00 bits per heavy atom. The Hall–Kier alpha value is -2.15. The van der Waals surface area contributed by atoms with Crippen molar-refractivity contribution in [3.8, 4) is 5.75 Å². The van der Waals surface area contributed by atoms with E-state index in [1.807, 2.05) is 6.92 Å². The van der Waals surface area contributed by atoms with Crippen LogP contribution >= 0.6 is 11.3 Å². The molecule has 0 amide bonds. The van der Waals surface area contributed by atoms with Crippen molar-refractivity contribution < 1.29 is 9.66 Å². The first kappa shape index (κ1) is 15.2. The van der Waals surface area contributed by atoms with Crippen molar-refractivity contribution >= 4 is 22.2 Å². The van der Waals surface area contributed by atoms with Gasteiger partial charge in [0.2, 0.25) is 0 Å². The van der Waals surface area contributed by atoms with Gasteiger partial charge in [-0.25, -0.2) is 4.98 Å². The maximum absolute atomic E-state index is 11.0. The zero-order chi connectivity index (χ0) is 15.2. The van der Waals surface area contributed by atoms with E-state index in [4.69, 9.17) is 4.74 Å². The number of aryl methyl sites for hydroxylation is 1. The van der Waals surface area contributed by atoms with Gasteiger partial charge in [-0.15, -0.1) is 0 Å². The SMILES string of the molecule is CCCNc1ncc(COc2ccc(C)cc2[N+](=O)[O-])s1. The van der Waals surface area contributed by atoms with Crippen LogP contribution in [0.2, 0.25) is 0 Å². The molecule has 112 valence electrons. The fraction of sp³-hybridized carbons (Fsp3) is 0.357. The average Bonchev–Trinajstić information content (AvgIpc) is 2.91. The van der Waals surface area contributed by atoms with Crippen molar-refractivity contribution in [2.24, 2.45) is 0 Å². The number of nitrogens with zero attached hydrogens (tertiary/aromatic N) is 2. The Labute approximate surface area is 126 Å². The van der Waals surface area contributed by atoms with Crippen molar-refractivity contribution in [3.63, 3.8) is 0 Å². The van der Waals surface area contributed by atoms with E-state index in [2.05, 4.69) is 17.2 Å². The van der Waals surface area contributed by atoms with Crippen LogP contribution in [-0.2, 0) is 6.61 Å². The lowest BCUT2D eigenvalue weighted by molar-refractivity contribution is -0.386. The summed E-state index contributed by atoms with van der Waals surface area (Å²) in [6.07, 6.45) is 2.75. The molecular weight excluding hydrogens is 290 g/mol. The van der Waals surface area contributed by atoms with E-state index in [1.165, 1.54) is 17.4 Å². The minimum Gasteiger partial charge on any atom is -0.481 e. The molecule has 0 aliphatic rings. The third-order valence-corrected chi connectivity index (χ3v) is 3.69. The topological polar surface area (TPSA) is 77.3 Å². The molecule has 0 saturated heterocycles. The van der Waals surface area contributed by atoms with Gasteiger partial charge in [-0.3, -0.25) is 10.1 Å². The standard InChI is InChI=1S/C14H17N3O3S/c1-3-6-15-14-16-8-11(21-14)9-20-13-5-4-10(2)7-12(13)17(18)19/h4-5,7-8H,3,6,9H2,1-2H3,(H,15,16). The summed E-state index contributed by atoms with van der Waals surface area (Å²) in [6.45, 7) is 5.04. The van der Waals surface area contributed by atoms with Crippen LogP contribution < -0.4 is 10.1 Å². The summed E-state index contributed by atoms with van der Waals surface area (Å²) in [5.41, 5.74) is 0.821. The number of thiazole rings is 1. The van der Waals surface area contributed by atoms with E-state index in [1.54, 1.807) is 18.3 Å². The van der Waals surface area contributed by atoms with Gasteiger partial charge in [0.15, 0.2) is 10.9 Å². The minimum absolute atomic E-state index is 0.0103. The summed E-state index contributed by atoms with van der Waals surface area (Å²) < 4.78 is 5.56. The molecule has 0 radical (unpaired) electrons. The molecular formula is C14H17N3O3S. The Morgan fingerprint density at radius 2 is 2.29 bits per heavy atom. The van der Waals surface area contributed by atoms with Gasteiger partial charge < -0.3 is 10.1 Å². The quantitative estimate of drug-likeness (QED) is 0.622. The number of nitrogens with one attached hydrogen (secondary N) is 1. The summed E-state index contributed by atoms with van der Waals surface area (Å²) in [5, 5.41) is 15.0. The normalized spacial score (nSPS) is 10.4. The molecule has 2 aromatic rings. The first-order chi connectivity index (χ1) is 10.1. The number of nitro groups is 1. The number of nitro benzene ring substituents is 1. The lowest BCUT2D eigenvalue weighted by Gasteiger charge is -2.05. The van der Waals surface area contributed by atoms with Crippen LogP contribution in [0.1, 0.15) is 23.8 Å². The van der Waals surface area contributed by atoms with Crippen LogP contribution in [0, 0.1) is 17.0 Å². The molecule has 6 nitrogen and oxygen atoms in total. The molecule has 1 aromatic carbocycles. The molecule has 2 rings (SSSR count). The van der Waals surface area contributed by atoms with E-state index in [9.17, 15) is 10.1 Å². The highest BCUT2D eigenvalue weighted by molar-refractivity contribution is 7.15. The minimum atomic E-state index is -0.427.